The molecule has 10 heteroatoms. The number of aliphatic hydroxyl groups is 1. The van der Waals surface area contributed by atoms with Crippen molar-refractivity contribution in [3.8, 4) is 0 Å². The van der Waals surface area contributed by atoms with Crippen LogP contribution in [0.2, 0.25) is 0 Å². The lowest BCUT2D eigenvalue weighted by Crippen LogP contribution is -2.37. The Bertz CT molecular complexity index is 1100. The molecule has 0 saturated carbocycles. The fourth-order valence-corrected chi connectivity index (χ4v) is 6.43. The Morgan fingerprint density at radius 3 is 1.88 bits per heavy atom. The minimum atomic E-state index is -4.57. The van der Waals surface area contributed by atoms with Crippen molar-refractivity contribution in [2.45, 2.75) is 180 Å². The zero-order valence-corrected chi connectivity index (χ0v) is 37.3. The van der Waals surface area contributed by atoms with Crippen molar-refractivity contribution in [2.24, 2.45) is 0 Å². The summed E-state index contributed by atoms with van der Waals surface area (Å²) in [7, 11) is 1.25. The first-order chi connectivity index (χ1) is 27.0. The van der Waals surface area contributed by atoms with Crippen LogP contribution in [0, 0.1) is 0 Å². The Morgan fingerprint density at radius 2 is 1.23 bits per heavy atom. The predicted octanol–water partition coefficient (Wildman–Crippen LogP) is 11.6. The van der Waals surface area contributed by atoms with Crippen LogP contribution in [-0.2, 0) is 27.9 Å². The molecule has 9 nitrogen and oxygen atoms in total. The van der Waals surface area contributed by atoms with Gasteiger partial charge < -0.3 is 33.0 Å². The number of ether oxygens (including phenoxy) is 2. The van der Waals surface area contributed by atoms with E-state index < -0.39 is 26.0 Å². The highest BCUT2D eigenvalue weighted by Gasteiger charge is 2.20. The van der Waals surface area contributed by atoms with E-state index in [0.717, 1.165) is 25.7 Å². The largest absolute Gasteiger partial charge is 0.756 e. The number of nitrogens with zero attached hydrogens (tertiary/aromatic N) is 1. The minimum absolute atomic E-state index is 0.00699. The number of esters is 1. The highest BCUT2D eigenvalue weighted by Crippen LogP contribution is 2.38. The maximum absolute atomic E-state index is 12.6. The first kappa shape index (κ1) is 54.0. The predicted molar refractivity (Wildman–Crippen MR) is 232 cm³/mol. The summed E-state index contributed by atoms with van der Waals surface area (Å²) >= 11 is 0. The van der Waals surface area contributed by atoms with E-state index in [1.54, 1.807) is 12.3 Å². The SMILES string of the molecule is CCCCC/C=C\C=C/[C@H](O)C/C=C\C/C=C/CCCC(=O)O[C@H](CO/C=C/CCCCCCCCCCCCCCCC)COP(=O)([O-])OCC[N+](C)(C)C. The van der Waals surface area contributed by atoms with Crippen LogP contribution in [0.15, 0.2) is 60.9 Å². The number of unbranched alkanes of at least 4 members (excludes halogenated alkanes) is 18. The van der Waals surface area contributed by atoms with E-state index in [4.69, 9.17) is 18.5 Å². The number of aliphatic hydroxyl groups excluding tert-OH is 1. The highest BCUT2D eigenvalue weighted by molar-refractivity contribution is 7.45. The second-order valence-electron chi connectivity index (χ2n) is 16.0. The summed E-state index contributed by atoms with van der Waals surface area (Å²) in [5, 5.41) is 10.1. The molecule has 0 aromatic rings. The number of allylic oxidation sites excluding steroid dienone is 7. The van der Waals surface area contributed by atoms with Gasteiger partial charge in [-0.2, -0.15) is 0 Å². The number of rotatable bonds is 40. The lowest BCUT2D eigenvalue weighted by atomic mass is 10.0. The average Bonchev–Trinajstić information content (AvgIpc) is 3.14. The van der Waals surface area contributed by atoms with Gasteiger partial charge in [0.15, 0.2) is 6.10 Å². The monoisotopic (exact) mass is 810 g/mol. The van der Waals surface area contributed by atoms with E-state index in [2.05, 4.69) is 19.9 Å². The summed E-state index contributed by atoms with van der Waals surface area (Å²) in [6.07, 6.45) is 45.0. The number of phosphoric ester groups is 1. The van der Waals surface area contributed by atoms with Crippen LogP contribution in [0.3, 0.4) is 0 Å². The molecule has 0 aliphatic heterocycles. The van der Waals surface area contributed by atoms with E-state index >= 15 is 0 Å². The van der Waals surface area contributed by atoms with Gasteiger partial charge in [-0.05, 0) is 57.4 Å². The number of phosphoric acid groups is 1. The van der Waals surface area contributed by atoms with Gasteiger partial charge in [-0.3, -0.25) is 9.36 Å². The van der Waals surface area contributed by atoms with Crippen molar-refractivity contribution in [3.63, 3.8) is 0 Å². The molecule has 0 fully saturated rings. The van der Waals surface area contributed by atoms with E-state index in [9.17, 15) is 19.4 Å². The lowest BCUT2D eigenvalue weighted by molar-refractivity contribution is -0.870. The third-order valence-electron chi connectivity index (χ3n) is 9.22. The molecule has 0 amide bonds. The lowest BCUT2D eigenvalue weighted by Gasteiger charge is -2.28. The highest BCUT2D eigenvalue weighted by atomic mass is 31.2. The van der Waals surface area contributed by atoms with E-state index in [0.29, 0.717) is 30.3 Å². The zero-order chi connectivity index (χ0) is 41.4. The molecule has 0 spiro atoms. The molecule has 1 unspecified atom stereocenters. The molecule has 0 aromatic heterocycles. The Balaban J connectivity index is 4.45. The second kappa shape index (κ2) is 38.5. The van der Waals surface area contributed by atoms with Crippen LogP contribution in [0.4, 0.5) is 0 Å². The summed E-state index contributed by atoms with van der Waals surface area (Å²) in [5.41, 5.74) is 0. The molecule has 0 aliphatic rings. The van der Waals surface area contributed by atoms with Gasteiger partial charge in [0.05, 0.1) is 40.1 Å². The summed E-state index contributed by atoms with van der Waals surface area (Å²) in [6, 6.07) is 0. The second-order valence-corrected chi connectivity index (χ2v) is 17.4. The number of quaternary nitrogens is 1. The number of hydrogen-bond donors (Lipinski definition) is 1. The van der Waals surface area contributed by atoms with Gasteiger partial charge in [-0.25, -0.2) is 0 Å². The molecule has 0 aliphatic carbocycles. The van der Waals surface area contributed by atoms with E-state index in [1.807, 2.05) is 63.7 Å². The summed E-state index contributed by atoms with van der Waals surface area (Å²) in [4.78, 5) is 25.0. The summed E-state index contributed by atoms with van der Waals surface area (Å²) < 4.78 is 34.2. The average molecular weight is 810 g/mol. The van der Waals surface area contributed by atoms with Crippen LogP contribution in [0.5, 0.6) is 0 Å². The first-order valence-corrected chi connectivity index (χ1v) is 23.6. The topological polar surface area (TPSA) is 114 Å². The van der Waals surface area contributed by atoms with Crippen LogP contribution >= 0.6 is 7.82 Å². The Labute approximate surface area is 343 Å². The maximum atomic E-state index is 12.6. The molecular weight excluding hydrogens is 725 g/mol. The number of hydrogen-bond acceptors (Lipinski definition) is 8. The number of carbonyl (C=O) groups is 1. The van der Waals surface area contributed by atoms with Crippen LogP contribution in [-0.4, -0.2) is 75.3 Å². The van der Waals surface area contributed by atoms with Crippen molar-refractivity contribution in [3.05, 3.63) is 60.9 Å². The van der Waals surface area contributed by atoms with Crippen LogP contribution in [0.25, 0.3) is 0 Å². The number of carbonyl (C=O) groups excluding carboxylic acids is 1. The molecule has 326 valence electrons. The van der Waals surface area contributed by atoms with Crippen molar-refractivity contribution in [1.82, 2.24) is 0 Å². The third-order valence-corrected chi connectivity index (χ3v) is 10.2. The van der Waals surface area contributed by atoms with Gasteiger partial charge in [0.25, 0.3) is 7.82 Å². The smallest absolute Gasteiger partial charge is 0.306 e. The normalized spacial score (nSPS) is 14.8. The fourth-order valence-electron chi connectivity index (χ4n) is 5.70. The van der Waals surface area contributed by atoms with E-state index in [-0.39, 0.29) is 26.2 Å². The van der Waals surface area contributed by atoms with Crippen molar-refractivity contribution in [2.75, 3.05) is 47.5 Å². The molecule has 0 rings (SSSR count). The molecule has 0 bridgehead atoms. The molecule has 56 heavy (non-hydrogen) atoms. The first-order valence-electron chi connectivity index (χ1n) is 22.2. The molecular formula is C46H84NO8P. The number of likely N-dealkylation sites (N-methyl/N-ethyl adjacent to an activating group) is 1. The molecule has 1 N–H and O–H groups in total. The van der Waals surface area contributed by atoms with Gasteiger partial charge >= 0.3 is 5.97 Å². The molecule has 0 heterocycles. The fraction of sp³-hybridized carbons (Fsp3) is 0.761. The molecule has 3 atom stereocenters. The zero-order valence-electron chi connectivity index (χ0n) is 36.4. The quantitative estimate of drug-likeness (QED) is 0.0124. The van der Waals surface area contributed by atoms with Gasteiger partial charge in [-0.1, -0.05) is 159 Å². The summed E-state index contributed by atoms with van der Waals surface area (Å²) in [5.74, 6) is -0.439. The van der Waals surface area contributed by atoms with Crippen LogP contribution in [0.1, 0.15) is 168 Å². The maximum Gasteiger partial charge on any atom is 0.306 e. The third kappa shape index (κ3) is 41.6. The minimum Gasteiger partial charge on any atom is -0.756 e. The molecule has 0 saturated heterocycles. The Kier molecular flexibility index (Phi) is 37.1. The van der Waals surface area contributed by atoms with Gasteiger partial charge in [0.1, 0.15) is 19.8 Å². The Hall–Kier alpha value is -2.00. The standard InChI is InChI=1S/C46H84NO8P/c1-6-8-10-12-14-15-16-17-18-19-20-21-22-27-31-35-40-52-42-45(43-54-56(50,51)53-41-39-47(3,4)5)55-46(49)38-34-30-26-23-25-29-33-37-44(48)36-32-28-24-13-11-9-7-2/h23-24,26,28-29,32-33,35-36,40,44-45,48H,6-22,25,27,30-31,34,37-39,41-43H2,1-5H3/b26-23+,28-24-,33-29-,36-32-,40-35+/t44-,45+/m0/s1. The van der Waals surface area contributed by atoms with Gasteiger partial charge in [-0.15, -0.1) is 0 Å². The molecule has 0 radical (unpaired) electrons. The summed E-state index contributed by atoms with van der Waals surface area (Å²) in [6.45, 7) is 4.54. The van der Waals surface area contributed by atoms with Crippen molar-refractivity contribution < 1.29 is 42.4 Å². The Morgan fingerprint density at radius 1 is 0.679 bits per heavy atom. The van der Waals surface area contributed by atoms with Crippen molar-refractivity contribution >= 4 is 13.8 Å². The van der Waals surface area contributed by atoms with Crippen molar-refractivity contribution in [1.29, 1.82) is 0 Å². The van der Waals surface area contributed by atoms with Gasteiger partial charge in [0, 0.05) is 6.42 Å². The van der Waals surface area contributed by atoms with E-state index in [1.165, 1.54) is 103 Å². The van der Waals surface area contributed by atoms with Gasteiger partial charge in [0.2, 0.25) is 0 Å². The van der Waals surface area contributed by atoms with Crippen LogP contribution < -0.4 is 4.89 Å². The molecule has 0 aromatic carbocycles.